The summed E-state index contributed by atoms with van der Waals surface area (Å²) in [6.07, 6.45) is 0. The average molecular weight is 455 g/mol. The quantitative estimate of drug-likeness (QED) is 0.304. The van der Waals surface area contributed by atoms with E-state index < -0.39 is 35.9 Å². The van der Waals surface area contributed by atoms with Crippen molar-refractivity contribution in [3.05, 3.63) is 0 Å². The molecule has 0 saturated heterocycles. The van der Waals surface area contributed by atoms with Crippen molar-refractivity contribution in [3.8, 4) is 0 Å². The standard InChI is InChI=1S/C10H30O12Si4/c1-11-23(10,12-2)20-25(16-6,17-7)22-26(18-8,19-9)21-24(13-3,14-4)15-5/h1-10H3. The highest BCUT2D eigenvalue weighted by Gasteiger charge is 2.66. The van der Waals surface area contributed by atoms with Gasteiger partial charge in [-0.25, -0.2) is 0 Å². The van der Waals surface area contributed by atoms with Gasteiger partial charge in [-0.2, -0.15) is 0 Å². The van der Waals surface area contributed by atoms with Crippen LogP contribution in [0.2, 0.25) is 6.55 Å². The molecule has 0 aromatic carbocycles. The lowest BCUT2D eigenvalue weighted by Crippen LogP contribution is -2.68. The number of hydrogen-bond acceptors (Lipinski definition) is 12. The minimum Gasteiger partial charge on any atom is -0.377 e. The predicted molar refractivity (Wildman–Crippen MR) is 95.2 cm³/mol. The van der Waals surface area contributed by atoms with Crippen LogP contribution in [-0.2, 0) is 52.2 Å². The molecule has 0 saturated carbocycles. The van der Waals surface area contributed by atoms with Crippen LogP contribution in [-0.4, -0.2) is 99.9 Å². The molecule has 0 spiro atoms. The summed E-state index contributed by atoms with van der Waals surface area (Å²) < 4.78 is 65.4. The van der Waals surface area contributed by atoms with Crippen LogP contribution < -0.4 is 0 Å². The largest absolute Gasteiger partial charge is 0.673 e. The second kappa shape index (κ2) is 11.4. The molecule has 0 N–H and O–H groups in total. The summed E-state index contributed by atoms with van der Waals surface area (Å²) in [5, 5.41) is 0. The molecule has 0 atom stereocenters. The molecule has 0 amide bonds. The Morgan fingerprint density at radius 1 is 0.346 bits per heavy atom. The zero-order chi connectivity index (χ0) is 20.5. The van der Waals surface area contributed by atoms with E-state index in [1.54, 1.807) is 6.55 Å². The van der Waals surface area contributed by atoms with Gasteiger partial charge in [-0.05, 0) is 0 Å². The monoisotopic (exact) mass is 454 g/mol. The van der Waals surface area contributed by atoms with Crippen LogP contribution in [0.4, 0.5) is 0 Å². The Kier molecular flexibility index (Phi) is 11.6. The first-order valence-corrected chi connectivity index (χ1v) is 14.4. The third-order valence-corrected chi connectivity index (χ3v) is 14.8. The van der Waals surface area contributed by atoms with Gasteiger partial charge in [0.2, 0.25) is 0 Å². The summed E-state index contributed by atoms with van der Waals surface area (Å²) in [5.41, 5.74) is 0. The third-order valence-electron chi connectivity index (χ3n) is 3.30. The van der Waals surface area contributed by atoms with Crippen LogP contribution in [0.25, 0.3) is 0 Å². The van der Waals surface area contributed by atoms with Crippen molar-refractivity contribution in [1.82, 2.24) is 0 Å². The van der Waals surface area contributed by atoms with Crippen molar-refractivity contribution >= 4 is 35.9 Å². The van der Waals surface area contributed by atoms with Crippen molar-refractivity contribution in [2.24, 2.45) is 0 Å². The summed E-state index contributed by atoms with van der Waals surface area (Å²) in [4.78, 5) is 0. The van der Waals surface area contributed by atoms with Gasteiger partial charge in [0.25, 0.3) is 0 Å². The lowest BCUT2D eigenvalue weighted by Gasteiger charge is -2.38. The maximum Gasteiger partial charge on any atom is 0.673 e. The lowest BCUT2D eigenvalue weighted by molar-refractivity contribution is -0.0452. The highest BCUT2D eigenvalue weighted by Crippen LogP contribution is 2.27. The SMILES string of the molecule is CO[Si](C)(OC)O[Si](OC)(OC)O[Si](OC)(OC)O[Si](OC)(OC)OC. The normalized spacial score (nSPS) is 14.1. The Hall–Kier alpha value is 0.388. The molecular formula is C10H30O12Si4. The first-order chi connectivity index (χ1) is 12.2. The van der Waals surface area contributed by atoms with Crippen molar-refractivity contribution < 1.29 is 52.2 Å². The molecule has 26 heavy (non-hydrogen) atoms. The molecule has 0 rings (SSSR count). The fraction of sp³-hybridized carbons (Fsp3) is 1.00. The van der Waals surface area contributed by atoms with Crippen LogP contribution in [0.3, 0.4) is 0 Å². The van der Waals surface area contributed by atoms with Gasteiger partial charge < -0.3 is 52.2 Å². The maximum absolute atomic E-state index is 5.90. The molecule has 0 aliphatic rings. The molecule has 0 aromatic rings. The van der Waals surface area contributed by atoms with Gasteiger partial charge in [-0.3, -0.25) is 0 Å². The van der Waals surface area contributed by atoms with Gasteiger partial charge in [0.1, 0.15) is 0 Å². The van der Waals surface area contributed by atoms with Crippen LogP contribution >= 0.6 is 0 Å². The van der Waals surface area contributed by atoms with Crippen LogP contribution in [0, 0.1) is 0 Å². The van der Waals surface area contributed by atoms with Gasteiger partial charge in [-0.1, -0.05) is 0 Å². The predicted octanol–water partition coefficient (Wildman–Crippen LogP) is -0.271. The van der Waals surface area contributed by atoms with Gasteiger partial charge in [0.15, 0.2) is 0 Å². The Morgan fingerprint density at radius 2 is 0.615 bits per heavy atom. The van der Waals surface area contributed by atoms with E-state index in [1.165, 1.54) is 64.0 Å². The minimum absolute atomic E-state index is 1.32. The zero-order valence-corrected chi connectivity index (χ0v) is 20.9. The lowest BCUT2D eigenvalue weighted by atomic mass is 11.8. The van der Waals surface area contributed by atoms with Gasteiger partial charge in [0.05, 0.1) is 0 Å². The molecule has 0 bridgehead atoms. The second-order valence-electron chi connectivity index (χ2n) is 4.51. The average Bonchev–Trinajstić information content (AvgIpc) is 2.70. The van der Waals surface area contributed by atoms with E-state index in [0.29, 0.717) is 0 Å². The molecule has 0 heterocycles. The summed E-state index contributed by atoms with van der Waals surface area (Å²) in [6, 6.07) is 0. The van der Waals surface area contributed by atoms with Crippen molar-refractivity contribution in [3.63, 3.8) is 0 Å². The Balaban J connectivity index is 5.83. The van der Waals surface area contributed by atoms with Crippen LogP contribution in [0.5, 0.6) is 0 Å². The highest BCUT2D eigenvalue weighted by atomic mass is 28.5. The molecule has 158 valence electrons. The van der Waals surface area contributed by atoms with E-state index in [0.717, 1.165) is 0 Å². The first kappa shape index (κ1) is 26.4. The summed E-state index contributed by atoms with van der Waals surface area (Å²) in [6.45, 7) is 1.64. The smallest absolute Gasteiger partial charge is 0.377 e. The molecule has 0 fully saturated rings. The zero-order valence-electron chi connectivity index (χ0n) is 16.9. The fourth-order valence-electron chi connectivity index (χ4n) is 1.62. The Morgan fingerprint density at radius 3 is 0.885 bits per heavy atom. The topological polar surface area (TPSA) is 111 Å². The Labute approximate surface area is 159 Å². The molecular weight excluding hydrogens is 424 g/mol. The third kappa shape index (κ3) is 6.48. The molecule has 16 heteroatoms. The van der Waals surface area contributed by atoms with E-state index in [4.69, 9.17) is 52.2 Å². The van der Waals surface area contributed by atoms with E-state index in [1.807, 2.05) is 0 Å². The highest BCUT2D eigenvalue weighted by molar-refractivity contribution is 6.78. The van der Waals surface area contributed by atoms with Crippen molar-refractivity contribution in [2.75, 3.05) is 64.0 Å². The van der Waals surface area contributed by atoms with Crippen LogP contribution in [0.1, 0.15) is 0 Å². The summed E-state index contributed by atoms with van der Waals surface area (Å²) in [7, 11) is -2.29. The second-order valence-corrected chi connectivity index (χ2v) is 15.4. The summed E-state index contributed by atoms with van der Waals surface area (Å²) >= 11 is 0. The molecule has 0 aromatic heterocycles. The van der Waals surface area contributed by atoms with E-state index >= 15 is 0 Å². The molecule has 0 aliphatic carbocycles. The molecule has 0 radical (unpaired) electrons. The van der Waals surface area contributed by atoms with Crippen LogP contribution in [0.15, 0.2) is 0 Å². The Bertz CT molecular complexity index is 378. The minimum atomic E-state index is -3.96. The maximum atomic E-state index is 5.90. The van der Waals surface area contributed by atoms with Gasteiger partial charge >= 0.3 is 35.9 Å². The summed E-state index contributed by atoms with van der Waals surface area (Å²) in [5.74, 6) is 0. The number of hydrogen-bond donors (Lipinski definition) is 0. The number of rotatable bonds is 15. The van der Waals surface area contributed by atoms with E-state index in [2.05, 4.69) is 0 Å². The fourth-order valence-corrected chi connectivity index (χ4v) is 12.3. The molecule has 0 aliphatic heterocycles. The van der Waals surface area contributed by atoms with Crippen molar-refractivity contribution in [1.29, 1.82) is 0 Å². The van der Waals surface area contributed by atoms with Crippen molar-refractivity contribution in [2.45, 2.75) is 6.55 Å². The van der Waals surface area contributed by atoms with E-state index in [-0.39, 0.29) is 0 Å². The van der Waals surface area contributed by atoms with E-state index in [9.17, 15) is 0 Å². The molecule has 0 unspecified atom stereocenters. The van der Waals surface area contributed by atoms with Gasteiger partial charge in [0, 0.05) is 70.5 Å². The van der Waals surface area contributed by atoms with Gasteiger partial charge in [-0.15, -0.1) is 0 Å². The first-order valence-electron chi connectivity index (χ1n) is 7.24. The molecule has 12 nitrogen and oxygen atoms in total.